The molecule has 0 saturated heterocycles. The van der Waals surface area contributed by atoms with Crippen LogP contribution in [0.2, 0.25) is 5.15 Å². The van der Waals surface area contributed by atoms with Gasteiger partial charge in [0, 0.05) is 6.54 Å². The van der Waals surface area contributed by atoms with Gasteiger partial charge in [0.15, 0.2) is 0 Å². The minimum Gasteiger partial charge on any atom is -0.394 e. The molecule has 1 heterocycles. The molecular formula is C8H11BrClN3O2. The smallest absolute Gasteiger partial charge is 0.148 e. The summed E-state index contributed by atoms with van der Waals surface area (Å²) in [5.74, 6) is 0.627. The van der Waals surface area contributed by atoms with Crippen molar-refractivity contribution in [2.45, 2.75) is 0 Å². The zero-order chi connectivity index (χ0) is 11.1. The molecule has 0 aromatic carbocycles. The molecule has 84 valence electrons. The van der Waals surface area contributed by atoms with Crippen molar-refractivity contribution < 1.29 is 9.84 Å². The van der Waals surface area contributed by atoms with Crippen LogP contribution < -0.4 is 5.32 Å². The van der Waals surface area contributed by atoms with Crippen LogP contribution in [0.15, 0.2) is 10.8 Å². The van der Waals surface area contributed by atoms with Crippen LogP contribution in [0.5, 0.6) is 0 Å². The summed E-state index contributed by atoms with van der Waals surface area (Å²) in [6.45, 7) is 1.46. The number of ether oxygens (including phenoxy) is 1. The lowest BCUT2D eigenvalue weighted by Crippen LogP contribution is -2.12. The van der Waals surface area contributed by atoms with E-state index in [0.717, 1.165) is 0 Å². The quantitative estimate of drug-likeness (QED) is 0.612. The molecule has 0 amide bonds. The predicted octanol–water partition coefficient (Wildman–Crippen LogP) is 1.31. The second-order valence-electron chi connectivity index (χ2n) is 2.59. The van der Waals surface area contributed by atoms with Crippen molar-refractivity contribution in [1.29, 1.82) is 0 Å². The molecule has 0 saturated carbocycles. The van der Waals surface area contributed by atoms with Crippen molar-refractivity contribution >= 4 is 33.3 Å². The maximum Gasteiger partial charge on any atom is 0.148 e. The van der Waals surface area contributed by atoms with Gasteiger partial charge in [0.05, 0.1) is 24.3 Å². The molecule has 0 bridgehead atoms. The molecule has 1 rings (SSSR count). The SMILES string of the molecule is OCCOCCNc1ncnc(Cl)c1Br. The summed E-state index contributed by atoms with van der Waals surface area (Å²) in [5.41, 5.74) is 0. The van der Waals surface area contributed by atoms with Crippen LogP contribution in [0.25, 0.3) is 0 Å². The van der Waals surface area contributed by atoms with E-state index in [9.17, 15) is 0 Å². The Labute approximate surface area is 101 Å². The van der Waals surface area contributed by atoms with Crippen molar-refractivity contribution in [3.63, 3.8) is 0 Å². The van der Waals surface area contributed by atoms with Crippen molar-refractivity contribution in [2.24, 2.45) is 0 Å². The first-order valence-electron chi connectivity index (χ1n) is 4.34. The molecule has 0 aliphatic carbocycles. The highest BCUT2D eigenvalue weighted by molar-refractivity contribution is 9.10. The summed E-state index contributed by atoms with van der Waals surface area (Å²) in [6, 6.07) is 0. The average Bonchev–Trinajstić information content (AvgIpc) is 2.24. The van der Waals surface area contributed by atoms with Crippen LogP contribution in [-0.2, 0) is 4.74 Å². The number of aliphatic hydroxyl groups excluding tert-OH is 1. The van der Waals surface area contributed by atoms with E-state index in [1.54, 1.807) is 0 Å². The van der Waals surface area contributed by atoms with Gasteiger partial charge in [-0.05, 0) is 15.9 Å². The van der Waals surface area contributed by atoms with Crippen LogP contribution in [0, 0.1) is 0 Å². The van der Waals surface area contributed by atoms with Gasteiger partial charge in [0.25, 0.3) is 0 Å². The fourth-order valence-electron chi connectivity index (χ4n) is 0.880. The first-order valence-corrected chi connectivity index (χ1v) is 5.51. The number of nitrogens with one attached hydrogen (secondary N) is 1. The fraction of sp³-hybridized carbons (Fsp3) is 0.500. The number of nitrogens with zero attached hydrogens (tertiary/aromatic N) is 2. The first kappa shape index (κ1) is 12.6. The van der Waals surface area contributed by atoms with E-state index in [2.05, 4.69) is 31.2 Å². The lowest BCUT2D eigenvalue weighted by Gasteiger charge is -2.07. The van der Waals surface area contributed by atoms with Gasteiger partial charge in [0.1, 0.15) is 17.3 Å². The maximum atomic E-state index is 8.47. The second-order valence-corrected chi connectivity index (χ2v) is 3.74. The topological polar surface area (TPSA) is 67.3 Å². The number of anilines is 1. The second kappa shape index (κ2) is 6.95. The molecule has 15 heavy (non-hydrogen) atoms. The Morgan fingerprint density at radius 1 is 1.47 bits per heavy atom. The number of hydrogen-bond acceptors (Lipinski definition) is 5. The molecule has 1 aromatic heterocycles. The molecule has 5 nitrogen and oxygen atoms in total. The number of aliphatic hydroxyl groups is 1. The fourth-order valence-corrected chi connectivity index (χ4v) is 1.36. The zero-order valence-electron chi connectivity index (χ0n) is 7.91. The molecule has 0 radical (unpaired) electrons. The van der Waals surface area contributed by atoms with E-state index in [1.807, 2.05) is 0 Å². The van der Waals surface area contributed by atoms with Gasteiger partial charge in [-0.1, -0.05) is 11.6 Å². The minimum absolute atomic E-state index is 0.0308. The largest absolute Gasteiger partial charge is 0.394 e. The Hall–Kier alpha value is -0.430. The van der Waals surface area contributed by atoms with E-state index in [4.69, 9.17) is 21.4 Å². The Balaban J connectivity index is 2.34. The summed E-state index contributed by atoms with van der Waals surface area (Å²) in [4.78, 5) is 7.80. The summed E-state index contributed by atoms with van der Waals surface area (Å²) < 4.78 is 5.70. The Morgan fingerprint density at radius 2 is 2.27 bits per heavy atom. The van der Waals surface area contributed by atoms with Gasteiger partial charge >= 0.3 is 0 Å². The lowest BCUT2D eigenvalue weighted by atomic mass is 10.5. The lowest BCUT2D eigenvalue weighted by molar-refractivity contribution is 0.0992. The molecule has 0 atom stereocenters. The van der Waals surface area contributed by atoms with E-state index in [-0.39, 0.29) is 6.61 Å². The van der Waals surface area contributed by atoms with Crippen LogP contribution in [-0.4, -0.2) is 41.4 Å². The van der Waals surface area contributed by atoms with Crippen molar-refractivity contribution in [2.75, 3.05) is 31.7 Å². The molecule has 0 aliphatic heterocycles. The Kier molecular flexibility index (Phi) is 5.85. The van der Waals surface area contributed by atoms with Gasteiger partial charge in [0.2, 0.25) is 0 Å². The first-order chi connectivity index (χ1) is 7.25. The van der Waals surface area contributed by atoms with Crippen LogP contribution >= 0.6 is 27.5 Å². The number of hydrogen-bond donors (Lipinski definition) is 2. The number of aromatic nitrogens is 2. The van der Waals surface area contributed by atoms with Gasteiger partial charge in [-0.3, -0.25) is 0 Å². The summed E-state index contributed by atoms with van der Waals surface area (Å²) in [7, 11) is 0. The molecule has 7 heteroatoms. The molecule has 0 fully saturated rings. The normalized spacial score (nSPS) is 10.3. The van der Waals surface area contributed by atoms with E-state index >= 15 is 0 Å². The highest BCUT2D eigenvalue weighted by Gasteiger charge is 2.05. The van der Waals surface area contributed by atoms with Gasteiger partial charge in [-0.15, -0.1) is 0 Å². The summed E-state index contributed by atoms with van der Waals surface area (Å²) in [6.07, 6.45) is 1.38. The highest BCUT2D eigenvalue weighted by Crippen LogP contribution is 2.25. The standard InChI is InChI=1S/C8H11BrClN3O2/c9-6-7(10)12-5-13-8(6)11-1-3-15-4-2-14/h5,14H,1-4H2,(H,11,12,13). The Morgan fingerprint density at radius 3 is 3.00 bits per heavy atom. The molecule has 0 aliphatic rings. The van der Waals surface area contributed by atoms with Crippen LogP contribution in [0.4, 0.5) is 5.82 Å². The van der Waals surface area contributed by atoms with E-state index < -0.39 is 0 Å². The van der Waals surface area contributed by atoms with Gasteiger partial charge in [-0.2, -0.15) is 0 Å². The van der Waals surface area contributed by atoms with E-state index in [1.165, 1.54) is 6.33 Å². The number of halogens is 2. The average molecular weight is 297 g/mol. The number of rotatable bonds is 6. The molecule has 0 unspecified atom stereocenters. The van der Waals surface area contributed by atoms with E-state index in [0.29, 0.717) is 35.2 Å². The van der Waals surface area contributed by atoms with Crippen molar-refractivity contribution in [3.8, 4) is 0 Å². The zero-order valence-corrected chi connectivity index (χ0v) is 10.3. The van der Waals surface area contributed by atoms with Crippen LogP contribution in [0.1, 0.15) is 0 Å². The van der Waals surface area contributed by atoms with Crippen LogP contribution in [0.3, 0.4) is 0 Å². The highest BCUT2D eigenvalue weighted by atomic mass is 79.9. The molecular weight excluding hydrogens is 285 g/mol. The maximum absolute atomic E-state index is 8.47. The summed E-state index contributed by atoms with van der Waals surface area (Å²) in [5, 5.41) is 11.9. The molecule has 2 N–H and O–H groups in total. The molecule has 1 aromatic rings. The van der Waals surface area contributed by atoms with Gasteiger partial charge in [-0.25, -0.2) is 9.97 Å². The van der Waals surface area contributed by atoms with Gasteiger partial charge < -0.3 is 15.2 Å². The minimum atomic E-state index is 0.0308. The van der Waals surface area contributed by atoms with Crippen molar-refractivity contribution in [3.05, 3.63) is 16.0 Å². The molecule has 0 spiro atoms. The predicted molar refractivity (Wildman–Crippen MR) is 61.1 cm³/mol. The van der Waals surface area contributed by atoms with Crippen molar-refractivity contribution in [1.82, 2.24) is 9.97 Å². The Bertz CT molecular complexity index is 314. The summed E-state index contributed by atoms with van der Waals surface area (Å²) >= 11 is 9.04. The third-order valence-electron chi connectivity index (χ3n) is 1.52. The monoisotopic (exact) mass is 295 g/mol. The third kappa shape index (κ3) is 4.29. The third-order valence-corrected chi connectivity index (χ3v) is 2.79.